The first-order chi connectivity index (χ1) is 6.74. The average molecular weight is 284 g/mol. The third-order valence-corrected chi connectivity index (χ3v) is 2.84. The van der Waals surface area contributed by atoms with E-state index in [1.807, 2.05) is 18.2 Å². The maximum absolute atomic E-state index is 5.92. The van der Waals surface area contributed by atoms with Gasteiger partial charge in [0.1, 0.15) is 0 Å². The SMILES string of the molecule is Cl.Cl.N[C@H]1CCN(Cc2cccc(Cl)c2)C1. The summed E-state index contributed by atoms with van der Waals surface area (Å²) >= 11 is 5.92. The minimum Gasteiger partial charge on any atom is -0.326 e. The molecule has 2 rings (SSSR count). The van der Waals surface area contributed by atoms with Crippen LogP contribution in [0.15, 0.2) is 24.3 Å². The lowest BCUT2D eigenvalue weighted by atomic mass is 10.2. The van der Waals surface area contributed by atoms with Gasteiger partial charge < -0.3 is 5.73 Å². The van der Waals surface area contributed by atoms with Crippen LogP contribution in [0.2, 0.25) is 5.02 Å². The lowest BCUT2D eigenvalue weighted by molar-refractivity contribution is 0.327. The normalized spacial score (nSPS) is 20.0. The highest BCUT2D eigenvalue weighted by Crippen LogP contribution is 2.15. The summed E-state index contributed by atoms with van der Waals surface area (Å²) in [6, 6.07) is 8.38. The average Bonchev–Trinajstić information content (AvgIpc) is 2.51. The minimum atomic E-state index is 0. The Morgan fingerprint density at radius 2 is 2.12 bits per heavy atom. The van der Waals surface area contributed by atoms with Gasteiger partial charge in [-0.1, -0.05) is 23.7 Å². The summed E-state index contributed by atoms with van der Waals surface area (Å²) in [6.07, 6.45) is 1.11. The maximum Gasteiger partial charge on any atom is 0.0409 e. The van der Waals surface area contributed by atoms with Crippen molar-refractivity contribution in [2.45, 2.75) is 19.0 Å². The quantitative estimate of drug-likeness (QED) is 0.904. The Bertz CT molecular complexity index is 320. The zero-order valence-corrected chi connectivity index (χ0v) is 11.3. The predicted octanol–water partition coefficient (Wildman–Crippen LogP) is 2.72. The number of benzene rings is 1. The number of nitrogens with zero attached hydrogens (tertiary/aromatic N) is 1. The summed E-state index contributed by atoms with van der Waals surface area (Å²) in [7, 11) is 0. The second-order valence-electron chi connectivity index (χ2n) is 3.91. The standard InChI is InChI=1S/C11H15ClN2.2ClH/c12-10-3-1-2-9(6-10)7-14-5-4-11(13)8-14;;/h1-3,6,11H,4-5,7-8,13H2;2*1H/t11-;;/m0../s1. The van der Waals surface area contributed by atoms with Gasteiger partial charge in [0.05, 0.1) is 0 Å². The number of hydrogen-bond acceptors (Lipinski definition) is 2. The zero-order chi connectivity index (χ0) is 9.97. The Balaban J connectivity index is 0.00000112. The second-order valence-corrected chi connectivity index (χ2v) is 4.35. The molecule has 0 amide bonds. The summed E-state index contributed by atoms with van der Waals surface area (Å²) < 4.78 is 0. The van der Waals surface area contributed by atoms with Crippen LogP contribution in [-0.4, -0.2) is 24.0 Å². The van der Waals surface area contributed by atoms with Crippen molar-refractivity contribution in [2.75, 3.05) is 13.1 Å². The summed E-state index contributed by atoms with van der Waals surface area (Å²) in [5.74, 6) is 0. The Morgan fingerprint density at radius 3 is 2.69 bits per heavy atom. The smallest absolute Gasteiger partial charge is 0.0409 e. The summed E-state index contributed by atoms with van der Waals surface area (Å²) in [5.41, 5.74) is 7.11. The van der Waals surface area contributed by atoms with E-state index >= 15 is 0 Å². The number of rotatable bonds is 2. The number of likely N-dealkylation sites (tertiary alicyclic amines) is 1. The number of hydrogen-bond donors (Lipinski definition) is 1. The van der Waals surface area contributed by atoms with E-state index in [1.54, 1.807) is 0 Å². The number of nitrogens with two attached hydrogens (primary N) is 1. The highest BCUT2D eigenvalue weighted by molar-refractivity contribution is 6.30. The highest BCUT2D eigenvalue weighted by Gasteiger charge is 2.18. The minimum absolute atomic E-state index is 0. The molecule has 1 atom stereocenters. The third-order valence-electron chi connectivity index (χ3n) is 2.60. The van der Waals surface area contributed by atoms with Crippen LogP contribution in [0.1, 0.15) is 12.0 Å². The Hall–Kier alpha value is 0.01000. The lowest BCUT2D eigenvalue weighted by Gasteiger charge is -2.14. The molecule has 2 nitrogen and oxygen atoms in total. The molecule has 0 aliphatic carbocycles. The molecule has 1 saturated heterocycles. The van der Waals surface area contributed by atoms with Gasteiger partial charge in [-0.15, -0.1) is 24.8 Å². The van der Waals surface area contributed by atoms with Crippen LogP contribution in [0.4, 0.5) is 0 Å². The van der Waals surface area contributed by atoms with E-state index in [-0.39, 0.29) is 24.8 Å². The summed E-state index contributed by atoms with van der Waals surface area (Å²) in [5, 5.41) is 0.811. The van der Waals surface area contributed by atoms with Crippen molar-refractivity contribution in [3.8, 4) is 0 Å². The van der Waals surface area contributed by atoms with Crippen LogP contribution in [0.5, 0.6) is 0 Å². The molecule has 0 spiro atoms. The largest absolute Gasteiger partial charge is 0.326 e. The molecule has 2 N–H and O–H groups in total. The van der Waals surface area contributed by atoms with Gasteiger partial charge >= 0.3 is 0 Å². The van der Waals surface area contributed by atoms with Gasteiger partial charge in [0.25, 0.3) is 0 Å². The lowest BCUT2D eigenvalue weighted by Crippen LogP contribution is -2.26. The van der Waals surface area contributed by atoms with E-state index in [4.69, 9.17) is 17.3 Å². The van der Waals surface area contributed by atoms with Gasteiger partial charge in [0.15, 0.2) is 0 Å². The van der Waals surface area contributed by atoms with Crippen molar-refractivity contribution < 1.29 is 0 Å². The fraction of sp³-hybridized carbons (Fsp3) is 0.455. The summed E-state index contributed by atoms with van der Waals surface area (Å²) in [4.78, 5) is 2.37. The van der Waals surface area contributed by atoms with E-state index in [0.29, 0.717) is 6.04 Å². The van der Waals surface area contributed by atoms with Crippen LogP contribution < -0.4 is 5.73 Å². The van der Waals surface area contributed by atoms with Crippen molar-refractivity contribution in [1.82, 2.24) is 4.90 Å². The van der Waals surface area contributed by atoms with Crippen molar-refractivity contribution in [3.63, 3.8) is 0 Å². The molecule has 1 fully saturated rings. The van der Waals surface area contributed by atoms with E-state index in [0.717, 1.165) is 31.1 Å². The first-order valence-electron chi connectivity index (χ1n) is 4.96. The van der Waals surface area contributed by atoms with Crippen LogP contribution in [0, 0.1) is 0 Å². The van der Waals surface area contributed by atoms with Crippen LogP contribution in [0.3, 0.4) is 0 Å². The van der Waals surface area contributed by atoms with Gasteiger partial charge in [-0.25, -0.2) is 0 Å². The molecule has 0 saturated carbocycles. The van der Waals surface area contributed by atoms with Crippen LogP contribution >= 0.6 is 36.4 Å². The molecule has 5 heteroatoms. The Kier molecular flexibility index (Phi) is 7.36. The summed E-state index contributed by atoms with van der Waals surface area (Å²) in [6.45, 7) is 3.08. The Morgan fingerprint density at radius 1 is 1.38 bits per heavy atom. The molecule has 1 heterocycles. The van der Waals surface area contributed by atoms with Gasteiger partial charge in [0.2, 0.25) is 0 Å². The van der Waals surface area contributed by atoms with Gasteiger partial charge in [-0.3, -0.25) is 4.90 Å². The molecule has 92 valence electrons. The molecule has 0 unspecified atom stereocenters. The van der Waals surface area contributed by atoms with Crippen molar-refractivity contribution in [1.29, 1.82) is 0 Å². The van der Waals surface area contributed by atoms with Crippen LogP contribution in [0.25, 0.3) is 0 Å². The molecule has 1 aliphatic rings. The molecule has 1 aromatic rings. The van der Waals surface area contributed by atoms with E-state index in [1.165, 1.54) is 5.56 Å². The maximum atomic E-state index is 5.92. The van der Waals surface area contributed by atoms with Crippen molar-refractivity contribution in [2.24, 2.45) is 5.73 Å². The fourth-order valence-corrected chi connectivity index (χ4v) is 2.11. The molecule has 1 aromatic carbocycles. The monoisotopic (exact) mass is 282 g/mol. The van der Waals surface area contributed by atoms with Crippen molar-refractivity contribution in [3.05, 3.63) is 34.9 Å². The van der Waals surface area contributed by atoms with E-state index < -0.39 is 0 Å². The zero-order valence-electron chi connectivity index (χ0n) is 8.93. The fourth-order valence-electron chi connectivity index (χ4n) is 1.90. The topological polar surface area (TPSA) is 29.3 Å². The molecular weight excluding hydrogens is 266 g/mol. The van der Waals surface area contributed by atoms with Gasteiger partial charge in [-0.05, 0) is 24.1 Å². The third kappa shape index (κ3) is 4.48. The molecule has 1 aliphatic heterocycles. The van der Waals surface area contributed by atoms with Crippen molar-refractivity contribution >= 4 is 36.4 Å². The molecule has 0 bridgehead atoms. The predicted molar refractivity (Wildman–Crippen MR) is 73.8 cm³/mol. The molecular formula is C11H17Cl3N2. The van der Waals surface area contributed by atoms with E-state index in [9.17, 15) is 0 Å². The second kappa shape index (κ2) is 7.36. The first kappa shape index (κ1) is 16.0. The van der Waals surface area contributed by atoms with Gasteiger partial charge in [-0.2, -0.15) is 0 Å². The van der Waals surface area contributed by atoms with Crippen LogP contribution in [-0.2, 0) is 6.54 Å². The Labute approximate surface area is 114 Å². The first-order valence-corrected chi connectivity index (χ1v) is 5.34. The molecule has 16 heavy (non-hydrogen) atoms. The van der Waals surface area contributed by atoms with E-state index in [2.05, 4.69) is 11.0 Å². The number of halogens is 3. The van der Waals surface area contributed by atoms with Gasteiger partial charge in [0, 0.05) is 30.7 Å². The molecule has 0 aromatic heterocycles. The highest BCUT2D eigenvalue weighted by atomic mass is 35.5. The molecule has 0 radical (unpaired) electrons.